The van der Waals surface area contributed by atoms with E-state index in [4.69, 9.17) is 0 Å². The molecule has 0 saturated carbocycles. The van der Waals surface area contributed by atoms with Gasteiger partial charge >= 0.3 is 0 Å². The Labute approximate surface area is 130 Å². The van der Waals surface area contributed by atoms with Gasteiger partial charge in [-0.05, 0) is 56.7 Å². The number of aromatic nitrogens is 1. The molecule has 4 rings (SSSR count). The van der Waals surface area contributed by atoms with E-state index in [9.17, 15) is 0 Å². The van der Waals surface area contributed by atoms with Gasteiger partial charge in [0.15, 0.2) is 0 Å². The Kier molecular flexibility index (Phi) is 2.83. The number of hydrogen-bond donors (Lipinski definition) is 0. The third-order valence-corrected chi connectivity index (χ3v) is 4.37. The molecule has 22 heavy (non-hydrogen) atoms. The van der Waals surface area contributed by atoms with E-state index in [0.717, 1.165) is 0 Å². The molecule has 0 aliphatic heterocycles. The number of fused-ring (bicyclic) bond motifs is 3. The van der Waals surface area contributed by atoms with Gasteiger partial charge in [0.2, 0.25) is 0 Å². The zero-order chi connectivity index (χ0) is 15.3. The van der Waals surface area contributed by atoms with Gasteiger partial charge in [0.25, 0.3) is 0 Å². The number of benzene rings is 3. The molecular formula is C21H19N. The Morgan fingerprint density at radius 1 is 0.682 bits per heavy atom. The van der Waals surface area contributed by atoms with E-state index in [-0.39, 0.29) is 0 Å². The van der Waals surface area contributed by atoms with Crippen molar-refractivity contribution in [3.8, 4) is 5.69 Å². The van der Waals surface area contributed by atoms with Crippen molar-refractivity contribution < 1.29 is 0 Å². The van der Waals surface area contributed by atoms with Gasteiger partial charge in [-0.25, -0.2) is 0 Å². The minimum Gasteiger partial charge on any atom is -0.309 e. The Morgan fingerprint density at radius 3 is 2.18 bits per heavy atom. The van der Waals surface area contributed by atoms with Gasteiger partial charge in [-0.2, -0.15) is 0 Å². The molecule has 0 fully saturated rings. The third-order valence-electron chi connectivity index (χ3n) is 4.37. The maximum atomic E-state index is 2.39. The summed E-state index contributed by atoms with van der Waals surface area (Å²) in [6.45, 7) is 6.54. The van der Waals surface area contributed by atoms with Crippen molar-refractivity contribution in [2.24, 2.45) is 0 Å². The fraction of sp³-hybridized carbons (Fsp3) is 0.143. The van der Waals surface area contributed by atoms with Gasteiger partial charge in [0, 0.05) is 16.5 Å². The molecule has 0 radical (unpaired) electrons. The molecule has 108 valence electrons. The standard InChI is InChI=1S/C21H19N/c1-14-9-10-20-18(12-14)19-13-15(2)11-16(3)21(19)22(20)17-7-5-4-6-8-17/h4-13H,1-3H3. The van der Waals surface area contributed by atoms with Crippen LogP contribution in [0.15, 0.2) is 60.7 Å². The van der Waals surface area contributed by atoms with Crippen LogP contribution < -0.4 is 0 Å². The summed E-state index contributed by atoms with van der Waals surface area (Å²) in [6, 6.07) is 22.0. The summed E-state index contributed by atoms with van der Waals surface area (Å²) in [6.07, 6.45) is 0. The maximum Gasteiger partial charge on any atom is 0.0570 e. The monoisotopic (exact) mass is 285 g/mol. The minimum absolute atomic E-state index is 1.22. The maximum absolute atomic E-state index is 2.39. The van der Waals surface area contributed by atoms with Gasteiger partial charge in [-0.1, -0.05) is 41.5 Å². The number of hydrogen-bond acceptors (Lipinski definition) is 0. The van der Waals surface area contributed by atoms with E-state index in [2.05, 4.69) is 86.0 Å². The SMILES string of the molecule is Cc1ccc2c(c1)c1cc(C)cc(C)c1n2-c1ccccc1. The summed E-state index contributed by atoms with van der Waals surface area (Å²) in [4.78, 5) is 0. The Morgan fingerprint density at radius 2 is 1.41 bits per heavy atom. The predicted octanol–water partition coefficient (Wildman–Crippen LogP) is 5.71. The van der Waals surface area contributed by atoms with Crippen LogP contribution in [0.1, 0.15) is 16.7 Å². The van der Waals surface area contributed by atoms with Crippen molar-refractivity contribution in [2.45, 2.75) is 20.8 Å². The van der Waals surface area contributed by atoms with Crippen molar-refractivity contribution in [2.75, 3.05) is 0 Å². The van der Waals surface area contributed by atoms with Crippen LogP contribution >= 0.6 is 0 Å². The lowest BCUT2D eigenvalue weighted by atomic mass is 10.1. The van der Waals surface area contributed by atoms with Gasteiger partial charge in [-0.15, -0.1) is 0 Å². The van der Waals surface area contributed by atoms with E-state index in [1.54, 1.807) is 0 Å². The Hall–Kier alpha value is -2.54. The molecule has 0 spiro atoms. The quantitative estimate of drug-likeness (QED) is 0.422. The fourth-order valence-corrected chi connectivity index (χ4v) is 3.49. The molecule has 4 aromatic rings. The van der Waals surface area contributed by atoms with Crippen LogP contribution in [0.5, 0.6) is 0 Å². The van der Waals surface area contributed by atoms with Crippen LogP contribution in [0.3, 0.4) is 0 Å². The van der Waals surface area contributed by atoms with Gasteiger partial charge in [0.05, 0.1) is 11.0 Å². The van der Waals surface area contributed by atoms with Gasteiger partial charge in [-0.3, -0.25) is 0 Å². The minimum atomic E-state index is 1.22. The van der Waals surface area contributed by atoms with Crippen molar-refractivity contribution in [3.63, 3.8) is 0 Å². The van der Waals surface area contributed by atoms with Gasteiger partial charge < -0.3 is 4.57 Å². The zero-order valence-electron chi connectivity index (χ0n) is 13.2. The normalized spacial score (nSPS) is 11.4. The van der Waals surface area contributed by atoms with Crippen molar-refractivity contribution in [1.82, 2.24) is 4.57 Å². The fourth-order valence-electron chi connectivity index (χ4n) is 3.49. The molecule has 1 nitrogen and oxygen atoms in total. The summed E-state index contributed by atoms with van der Waals surface area (Å²) in [5.41, 5.74) is 7.77. The van der Waals surface area contributed by atoms with Crippen LogP contribution in [0.2, 0.25) is 0 Å². The topological polar surface area (TPSA) is 4.93 Å². The Bertz CT molecular complexity index is 991. The highest BCUT2D eigenvalue weighted by atomic mass is 15.0. The number of rotatable bonds is 1. The number of aryl methyl sites for hydroxylation is 3. The summed E-state index contributed by atoms with van der Waals surface area (Å²) in [7, 11) is 0. The second kappa shape index (κ2) is 4.74. The summed E-state index contributed by atoms with van der Waals surface area (Å²) < 4.78 is 2.39. The van der Waals surface area contributed by atoms with Crippen molar-refractivity contribution in [3.05, 3.63) is 77.4 Å². The lowest BCUT2D eigenvalue weighted by Gasteiger charge is -2.09. The Balaban J connectivity index is 2.27. The van der Waals surface area contributed by atoms with E-state index >= 15 is 0 Å². The lowest BCUT2D eigenvalue weighted by molar-refractivity contribution is 1.16. The van der Waals surface area contributed by atoms with Crippen LogP contribution in [0.25, 0.3) is 27.5 Å². The highest BCUT2D eigenvalue weighted by molar-refractivity contribution is 6.10. The molecule has 3 aromatic carbocycles. The molecule has 1 heterocycles. The highest BCUT2D eigenvalue weighted by Crippen LogP contribution is 2.35. The van der Waals surface area contributed by atoms with Gasteiger partial charge in [0.1, 0.15) is 0 Å². The van der Waals surface area contributed by atoms with E-state index < -0.39 is 0 Å². The average molecular weight is 285 g/mol. The van der Waals surface area contributed by atoms with Crippen molar-refractivity contribution >= 4 is 21.8 Å². The summed E-state index contributed by atoms with van der Waals surface area (Å²) >= 11 is 0. The first-order chi connectivity index (χ1) is 10.6. The van der Waals surface area contributed by atoms with Crippen molar-refractivity contribution in [1.29, 1.82) is 0 Å². The molecule has 0 aliphatic carbocycles. The summed E-state index contributed by atoms with van der Waals surface area (Å²) in [5, 5.41) is 2.69. The largest absolute Gasteiger partial charge is 0.309 e. The van der Waals surface area contributed by atoms with Crippen LogP contribution in [-0.4, -0.2) is 4.57 Å². The predicted molar refractivity (Wildman–Crippen MR) is 95.0 cm³/mol. The molecule has 1 heteroatoms. The molecule has 1 aromatic heterocycles. The lowest BCUT2D eigenvalue weighted by Crippen LogP contribution is -1.95. The van der Waals surface area contributed by atoms with E-state index in [0.29, 0.717) is 0 Å². The van der Waals surface area contributed by atoms with E-state index in [1.807, 2.05) is 0 Å². The molecule has 0 saturated heterocycles. The molecule has 0 N–H and O–H groups in total. The second-order valence-electron chi connectivity index (χ2n) is 6.17. The smallest absolute Gasteiger partial charge is 0.0570 e. The first-order valence-corrected chi connectivity index (χ1v) is 7.72. The zero-order valence-corrected chi connectivity index (χ0v) is 13.2. The molecule has 0 aliphatic rings. The molecular weight excluding hydrogens is 266 g/mol. The number of nitrogens with zero attached hydrogens (tertiary/aromatic N) is 1. The molecule has 0 unspecified atom stereocenters. The molecule has 0 amide bonds. The third kappa shape index (κ3) is 1.86. The first kappa shape index (κ1) is 13.1. The van der Waals surface area contributed by atoms with Crippen LogP contribution in [0, 0.1) is 20.8 Å². The highest BCUT2D eigenvalue weighted by Gasteiger charge is 2.14. The first-order valence-electron chi connectivity index (χ1n) is 7.72. The molecule has 0 bridgehead atoms. The average Bonchev–Trinajstić information content (AvgIpc) is 2.82. The summed E-state index contributed by atoms with van der Waals surface area (Å²) in [5.74, 6) is 0. The molecule has 0 atom stereocenters. The second-order valence-corrected chi connectivity index (χ2v) is 6.17. The van der Waals surface area contributed by atoms with Crippen LogP contribution in [-0.2, 0) is 0 Å². The van der Waals surface area contributed by atoms with E-state index in [1.165, 1.54) is 44.2 Å². The van der Waals surface area contributed by atoms with Crippen LogP contribution in [0.4, 0.5) is 0 Å². The number of para-hydroxylation sites is 1.